The molecule has 2 aromatic rings. The van der Waals surface area contributed by atoms with Crippen molar-refractivity contribution in [3.8, 4) is 5.69 Å². The van der Waals surface area contributed by atoms with Crippen LogP contribution >= 0.6 is 12.0 Å². The first-order valence-corrected chi connectivity index (χ1v) is 13.2. The smallest absolute Gasteiger partial charge is 0.197 e. The highest BCUT2D eigenvalue weighted by Crippen LogP contribution is 2.19. The number of hydrazine groups is 1. The second-order valence-electron chi connectivity index (χ2n) is 8.74. The minimum absolute atomic E-state index is 0.169. The number of hydrogen-bond donors (Lipinski definition) is 3. The molecule has 0 saturated heterocycles. The Morgan fingerprint density at radius 1 is 1.33 bits per heavy atom. The Balaban J connectivity index is 1.94. The van der Waals surface area contributed by atoms with Crippen molar-refractivity contribution in [1.82, 2.24) is 19.5 Å². The van der Waals surface area contributed by atoms with Gasteiger partial charge in [-0.1, -0.05) is 25.5 Å². The van der Waals surface area contributed by atoms with Gasteiger partial charge in [0.2, 0.25) is 0 Å². The van der Waals surface area contributed by atoms with Gasteiger partial charge in [-0.2, -0.15) is 0 Å². The molecule has 1 aromatic carbocycles. The number of rotatable bonds is 17. The van der Waals surface area contributed by atoms with Crippen molar-refractivity contribution in [1.29, 1.82) is 0 Å². The number of ether oxygens (including phenoxy) is 1. The summed E-state index contributed by atoms with van der Waals surface area (Å²) < 4.78 is 26.5. The Morgan fingerprint density at radius 2 is 2.06 bits per heavy atom. The number of imidazole rings is 1. The van der Waals surface area contributed by atoms with Crippen LogP contribution in [-0.4, -0.2) is 82.7 Å². The summed E-state index contributed by atoms with van der Waals surface area (Å²) in [6.45, 7) is 2.04. The first-order chi connectivity index (χ1) is 17.3. The predicted molar refractivity (Wildman–Crippen MR) is 143 cm³/mol. The Labute approximate surface area is 218 Å². The van der Waals surface area contributed by atoms with Gasteiger partial charge in [0.15, 0.2) is 6.29 Å². The molecule has 9 nitrogen and oxygen atoms in total. The highest BCUT2D eigenvalue weighted by atomic mass is 32.2. The number of aliphatic hydroxyl groups is 1. The number of nitrogens with two attached hydrogens (primary N) is 2. The fraction of sp³-hybridized carbons (Fsp3) is 0.560. The van der Waals surface area contributed by atoms with Crippen molar-refractivity contribution in [2.75, 3.05) is 33.6 Å². The molecule has 36 heavy (non-hydrogen) atoms. The number of hydrogen-bond acceptors (Lipinski definition) is 9. The Morgan fingerprint density at radius 3 is 2.61 bits per heavy atom. The van der Waals surface area contributed by atoms with Gasteiger partial charge in [0.1, 0.15) is 12.8 Å². The number of nitrogens with zero attached hydrogens (tertiary/aromatic N) is 4. The number of methoxy groups -OCH3 is 1. The summed E-state index contributed by atoms with van der Waals surface area (Å²) in [7, 11) is 3.44. The Kier molecular flexibility index (Phi) is 13.2. The van der Waals surface area contributed by atoms with Crippen LogP contribution in [0.1, 0.15) is 31.7 Å². The number of aliphatic hydroxyl groups excluding tert-OH is 1. The van der Waals surface area contributed by atoms with Crippen LogP contribution in [0.2, 0.25) is 0 Å². The predicted octanol–water partition coefficient (Wildman–Crippen LogP) is 2.85. The van der Waals surface area contributed by atoms with Gasteiger partial charge in [0.25, 0.3) is 0 Å². The molecule has 0 bridgehead atoms. The van der Waals surface area contributed by atoms with Gasteiger partial charge in [-0.3, -0.25) is 4.18 Å². The highest BCUT2D eigenvalue weighted by Gasteiger charge is 2.31. The maximum Gasteiger partial charge on any atom is 0.197 e. The molecule has 0 spiro atoms. The molecule has 0 fully saturated rings. The van der Waals surface area contributed by atoms with E-state index >= 15 is 0 Å². The van der Waals surface area contributed by atoms with Crippen molar-refractivity contribution in [2.45, 2.75) is 57.1 Å². The molecule has 0 aliphatic rings. The Hall–Kier alpha value is -2.15. The first kappa shape index (κ1) is 30.1. The van der Waals surface area contributed by atoms with Crippen molar-refractivity contribution in [3.05, 3.63) is 60.4 Å². The van der Waals surface area contributed by atoms with Gasteiger partial charge >= 0.3 is 0 Å². The van der Waals surface area contributed by atoms with Crippen LogP contribution in [0.5, 0.6) is 0 Å². The highest BCUT2D eigenvalue weighted by molar-refractivity contribution is 7.93. The number of alkyl halides is 1. The van der Waals surface area contributed by atoms with Gasteiger partial charge in [-0.05, 0) is 49.6 Å². The zero-order valence-corrected chi connectivity index (χ0v) is 22.5. The van der Waals surface area contributed by atoms with E-state index in [9.17, 15) is 9.50 Å². The molecule has 1 heterocycles. The number of benzene rings is 1. The van der Waals surface area contributed by atoms with Gasteiger partial charge in [-0.15, -0.1) is 0 Å². The van der Waals surface area contributed by atoms with Crippen LogP contribution in [0, 0.1) is 0 Å². The summed E-state index contributed by atoms with van der Waals surface area (Å²) in [4.78, 5) is 6.09. The van der Waals surface area contributed by atoms with E-state index in [1.807, 2.05) is 47.0 Å². The van der Waals surface area contributed by atoms with Crippen molar-refractivity contribution < 1.29 is 18.4 Å². The van der Waals surface area contributed by atoms with Gasteiger partial charge in [0.05, 0.1) is 12.4 Å². The maximum absolute atomic E-state index is 13.8. The fourth-order valence-electron chi connectivity index (χ4n) is 4.02. The minimum Gasteiger partial charge on any atom is -0.401 e. The molecule has 0 aliphatic carbocycles. The van der Waals surface area contributed by atoms with Crippen LogP contribution in [0.4, 0.5) is 4.39 Å². The lowest BCUT2D eigenvalue weighted by atomic mass is 10.0. The zero-order chi connectivity index (χ0) is 26.5. The van der Waals surface area contributed by atoms with Gasteiger partial charge < -0.3 is 30.1 Å². The van der Waals surface area contributed by atoms with Gasteiger partial charge in [0, 0.05) is 62.4 Å². The number of halogens is 1. The third-order valence-corrected chi connectivity index (χ3v) is 6.51. The van der Waals surface area contributed by atoms with Crippen LogP contribution in [-0.2, 0) is 15.3 Å². The van der Waals surface area contributed by atoms with E-state index in [2.05, 4.69) is 11.9 Å². The number of aromatic nitrogens is 2. The molecule has 4 atom stereocenters. The molecular weight excluding hydrogens is 483 g/mol. The molecule has 0 aliphatic heterocycles. The summed E-state index contributed by atoms with van der Waals surface area (Å²) in [5.41, 5.74) is 8.72. The molecule has 5 N–H and O–H groups in total. The number of likely N-dealkylation sites (N-methyl/N-ethyl adjacent to an activating group) is 1. The van der Waals surface area contributed by atoms with Gasteiger partial charge in [-0.25, -0.2) is 15.2 Å². The summed E-state index contributed by atoms with van der Waals surface area (Å²) in [5.74, 6) is 6.17. The van der Waals surface area contributed by atoms with Crippen LogP contribution < -0.4 is 11.6 Å². The monoisotopic (exact) mass is 524 g/mol. The largest absolute Gasteiger partial charge is 0.401 e. The second-order valence-corrected chi connectivity index (χ2v) is 9.27. The standard InChI is InChI=1S/C25H41FN6O3S/c1-5-6-23(24(33)25(34-3)35-36-4)30(2)13-11-20(27)17-32(28)22(16-26)15-19-7-9-21(10-8-19)31-14-12-29-18-31/h7-10,12,14,17-18,22-25,33H,5-6,11,13,15-16,27-28H2,1-4H3/b20-17-. The molecule has 4 unspecified atom stereocenters. The van der Waals surface area contributed by atoms with E-state index in [0.29, 0.717) is 25.1 Å². The van der Waals surface area contributed by atoms with Crippen molar-refractivity contribution in [2.24, 2.45) is 11.6 Å². The molecule has 202 valence electrons. The van der Waals surface area contributed by atoms with E-state index in [1.165, 1.54) is 12.1 Å². The molecule has 11 heteroatoms. The summed E-state index contributed by atoms with van der Waals surface area (Å²) >= 11 is 1.15. The normalized spacial score (nSPS) is 15.6. The van der Waals surface area contributed by atoms with Crippen LogP contribution in [0.3, 0.4) is 0 Å². The SMILES string of the molecule is CCCC(C(O)C(OC)OSC)N(C)CC/C(N)=C/N(N)C(CF)Cc1ccc(-n2ccnc2)cc1. The minimum atomic E-state index is -0.820. The lowest BCUT2D eigenvalue weighted by Crippen LogP contribution is -2.48. The Bertz CT molecular complexity index is 886. The molecule has 2 rings (SSSR count). The summed E-state index contributed by atoms with van der Waals surface area (Å²) in [5, 5.41) is 12.2. The van der Waals surface area contributed by atoms with Crippen LogP contribution in [0.25, 0.3) is 5.69 Å². The average molecular weight is 525 g/mol. The molecule has 1 aromatic heterocycles. The summed E-state index contributed by atoms with van der Waals surface area (Å²) in [6.07, 6.45) is 9.76. The van der Waals surface area contributed by atoms with E-state index < -0.39 is 25.1 Å². The van der Waals surface area contributed by atoms with E-state index in [0.717, 1.165) is 36.1 Å². The van der Waals surface area contributed by atoms with E-state index in [1.54, 1.807) is 25.0 Å². The van der Waals surface area contributed by atoms with Crippen molar-refractivity contribution >= 4 is 12.0 Å². The lowest BCUT2D eigenvalue weighted by molar-refractivity contribution is -0.141. The summed E-state index contributed by atoms with van der Waals surface area (Å²) in [6, 6.07) is 7.14. The molecule has 0 saturated carbocycles. The first-order valence-electron chi connectivity index (χ1n) is 12.1. The quantitative estimate of drug-likeness (QED) is 0.124. The fourth-order valence-corrected chi connectivity index (χ4v) is 4.40. The second kappa shape index (κ2) is 15.9. The van der Waals surface area contributed by atoms with E-state index in [-0.39, 0.29) is 6.04 Å². The average Bonchev–Trinajstić information content (AvgIpc) is 3.42. The topological polar surface area (TPSA) is 115 Å². The molecule has 0 radical (unpaired) electrons. The van der Waals surface area contributed by atoms with E-state index in [4.69, 9.17) is 20.5 Å². The van der Waals surface area contributed by atoms with Crippen LogP contribution in [0.15, 0.2) is 54.9 Å². The third-order valence-electron chi connectivity index (χ3n) is 6.13. The lowest BCUT2D eigenvalue weighted by Gasteiger charge is -2.34. The maximum atomic E-state index is 13.8. The molecule has 0 amide bonds. The molecular formula is C25H41FN6O3S. The zero-order valence-electron chi connectivity index (χ0n) is 21.7. The third kappa shape index (κ3) is 9.06. The van der Waals surface area contributed by atoms with Crippen molar-refractivity contribution in [3.63, 3.8) is 0 Å².